The summed E-state index contributed by atoms with van der Waals surface area (Å²) in [7, 11) is 0. The summed E-state index contributed by atoms with van der Waals surface area (Å²) < 4.78 is 15.5. The summed E-state index contributed by atoms with van der Waals surface area (Å²) in [5.74, 6) is -2.91. The van der Waals surface area contributed by atoms with Gasteiger partial charge in [-0.25, -0.2) is 9.59 Å². The number of benzene rings is 1. The van der Waals surface area contributed by atoms with Gasteiger partial charge in [0, 0.05) is 11.6 Å². The number of allylic oxidation sites excluding steroid dienone is 1. The third-order valence-corrected chi connectivity index (χ3v) is 3.92. The highest BCUT2D eigenvalue weighted by Crippen LogP contribution is 2.43. The molecule has 0 aromatic heterocycles. The zero-order chi connectivity index (χ0) is 20.1. The maximum Gasteiger partial charge on any atom is 0.340 e. The minimum absolute atomic E-state index is 0.0385. The van der Waals surface area contributed by atoms with Gasteiger partial charge in [-0.2, -0.15) is 0 Å². The number of nitrogens with two attached hydrogens (primary N) is 1. The molecule has 9 nitrogen and oxygen atoms in total. The van der Waals surface area contributed by atoms with Crippen molar-refractivity contribution in [3.8, 4) is 0 Å². The fourth-order valence-corrected chi connectivity index (χ4v) is 2.87. The average molecular weight is 376 g/mol. The van der Waals surface area contributed by atoms with Crippen molar-refractivity contribution in [1.82, 2.24) is 0 Å². The molecule has 9 heteroatoms. The zero-order valence-electron chi connectivity index (χ0n) is 15.2. The molecular weight excluding hydrogens is 356 g/mol. The van der Waals surface area contributed by atoms with Crippen LogP contribution in [0.1, 0.15) is 32.3 Å². The monoisotopic (exact) mass is 376 g/mol. The number of ether oxygens (including phenoxy) is 3. The lowest BCUT2D eigenvalue weighted by Gasteiger charge is -2.28. The van der Waals surface area contributed by atoms with E-state index in [-0.39, 0.29) is 47.3 Å². The van der Waals surface area contributed by atoms with Crippen LogP contribution in [0, 0.1) is 10.1 Å². The Morgan fingerprint density at radius 3 is 2.26 bits per heavy atom. The third-order valence-electron chi connectivity index (χ3n) is 3.92. The standard InChI is InChI=1S/C18H20N2O7/c1-4-25-17(21)13-10(3)27-16(19)15(18(22)26-5-2)14(13)11-8-6-7-9-12(11)20(23)24/h6-9,14H,4-5,19H2,1-3H3/t14-/m0/s1. The quantitative estimate of drug-likeness (QED) is 0.454. The van der Waals surface area contributed by atoms with Crippen LogP contribution in [-0.2, 0) is 23.8 Å². The van der Waals surface area contributed by atoms with Gasteiger partial charge in [-0.1, -0.05) is 18.2 Å². The molecule has 1 heterocycles. The fourth-order valence-electron chi connectivity index (χ4n) is 2.87. The van der Waals surface area contributed by atoms with E-state index in [1.54, 1.807) is 19.9 Å². The minimum atomic E-state index is -1.15. The highest BCUT2D eigenvalue weighted by Gasteiger charge is 2.42. The summed E-state index contributed by atoms with van der Waals surface area (Å²) in [6.45, 7) is 4.83. The first-order chi connectivity index (χ1) is 12.8. The van der Waals surface area contributed by atoms with Crippen LogP contribution in [-0.4, -0.2) is 30.1 Å². The number of rotatable bonds is 6. The van der Waals surface area contributed by atoms with Crippen LogP contribution in [0.5, 0.6) is 0 Å². The Morgan fingerprint density at radius 1 is 1.15 bits per heavy atom. The molecule has 1 atom stereocenters. The van der Waals surface area contributed by atoms with Gasteiger partial charge in [0.15, 0.2) is 0 Å². The Labute approximate surface area is 155 Å². The van der Waals surface area contributed by atoms with Crippen molar-refractivity contribution >= 4 is 17.6 Å². The zero-order valence-corrected chi connectivity index (χ0v) is 15.2. The van der Waals surface area contributed by atoms with Gasteiger partial charge in [0.05, 0.1) is 29.6 Å². The van der Waals surface area contributed by atoms with Crippen LogP contribution in [0.4, 0.5) is 5.69 Å². The van der Waals surface area contributed by atoms with Gasteiger partial charge in [-0.15, -0.1) is 0 Å². The van der Waals surface area contributed by atoms with Crippen molar-refractivity contribution in [2.45, 2.75) is 26.7 Å². The highest BCUT2D eigenvalue weighted by atomic mass is 16.6. The lowest BCUT2D eigenvalue weighted by molar-refractivity contribution is -0.385. The van der Waals surface area contributed by atoms with Crippen molar-refractivity contribution in [3.05, 3.63) is 62.7 Å². The first-order valence-corrected chi connectivity index (χ1v) is 8.29. The number of nitro groups is 1. The number of hydrogen-bond donors (Lipinski definition) is 1. The van der Waals surface area contributed by atoms with Crippen molar-refractivity contribution in [1.29, 1.82) is 0 Å². The molecule has 0 unspecified atom stereocenters. The fraction of sp³-hybridized carbons (Fsp3) is 0.333. The van der Waals surface area contributed by atoms with Gasteiger partial charge in [0.25, 0.3) is 5.69 Å². The Balaban J connectivity index is 2.75. The molecule has 1 aromatic carbocycles. The number of esters is 2. The van der Waals surface area contributed by atoms with Crippen molar-refractivity contribution in [2.75, 3.05) is 13.2 Å². The second-order valence-electron chi connectivity index (χ2n) is 5.54. The molecule has 0 aliphatic carbocycles. The van der Waals surface area contributed by atoms with E-state index in [4.69, 9.17) is 19.9 Å². The maximum absolute atomic E-state index is 12.6. The van der Waals surface area contributed by atoms with E-state index in [1.807, 2.05) is 0 Å². The molecule has 0 spiro atoms. The summed E-state index contributed by atoms with van der Waals surface area (Å²) >= 11 is 0. The molecule has 0 amide bonds. The van der Waals surface area contributed by atoms with Crippen LogP contribution in [0.15, 0.2) is 47.1 Å². The molecule has 0 saturated heterocycles. The first-order valence-electron chi connectivity index (χ1n) is 8.29. The lowest BCUT2D eigenvalue weighted by Crippen LogP contribution is -2.30. The smallest absolute Gasteiger partial charge is 0.340 e. The van der Waals surface area contributed by atoms with Crippen LogP contribution in [0.2, 0.25) is 0 Å². The Kier molecular flexibility index (Phi) is 6.17. The third kappa shape index (κ3) is 3.91. The molecule has 27 heavy (non-hydrogen) atoms. The molecule has 1 aliphatic rings. The van der Waals surface area contributed by atoms with Gasteiger partial charge in [-0.3, -0.25) is 10.1 Å². The molecular formula is C18H20N2O7. The van der Waals surface area contributed by atoms with Gasteiger partial charge in [-0.05, 0) is 20.8 Å². The molecule has 0 bridgehead atoms. The van der Waals surface area contributed by atoms with Crippen molar-refractivity contribution in [2.24, 2.45) is 5.73 Å². The normalized spacial score (nSPS) is 16.6. The topological polar surface area (TPSA) is 131 Å². The molecule has 1 aliphatic heterocycles. The first kappa shape index (κ1) is 20.0. The van der Waals surface area contributed by atoms with Gasteiger partial charge in [0.2, 0.25) is 5.88 Å². The SMILES string of the molecule is CCOC(=O)C1=C(C)OC(N)=C(C(=O)OCC)[C@H]1c1ccccc1[N+](=O)[O-]. The van der Waals surface area contributed by atoms with Gasteiger partial charge >= 0.3 is 11.9 Å². The Bertz CT molecular complexity index is 802. The predicted molar refractivity (Wildman–Crippen MR) is 94.1 cm³/mol. The molecule has 2 N–H and O–H groups in total. The molecule has 0 radical (unpaired) electrons. The van der Waals surface area contributed by atoms with E-state index in [1.165, 1.54) is 25.1 Å². The van der Waals surface area contributed by atoms with E-state index in [2.05, 4.69) is 0 Å². The van der Waals surface area contributed by atoms with E-state index in [9.17, 15) is 19.7 Å². The van der Waals surface area contributed by atoms with Gasteiger partial charge < -0.3 is 19.9 Å². The molecule has 1 aromatic rings. The van der Waals surface area contributed by atoms with E-state index >= 15 is 0 Å². The van der Waals surface area contributed by atoms with Gasteiger partial charge in [0.1, 0.15) is 11.3 Å². The number of nitrogens with zero attached hydrogens (tertiary/aromatic N) is 1. The predicted octanol–water partition coefficient (Wildman–Crippen LogP) is 2.28. The number of nitro benzene ring substituents is 1. The summed E-state index contributed by atoms with van der Waals surface area (Å²) in [5.41, 5.74) is 5.51. The number of para-hydroxylation sites is 1. The van der Waals surface area contributed by atoms with E-state index < -0.39 is 22.8 Å². The minimum Gasteiger partial charge on any atom is -0.463 e. The molecule has 0 fully saturated rings. The second-order valence-corrected chi connectivity index (χ2v) is 5.54. The van der Waals surface area contributed by atoms with Crippen LogP contribution < -0.4 is 5.73 Å². The average Bonchev–Trinajstić information content (AvgIpc) is 2.61. The summed E-state index contributed by atoms with van der Waals surface area (Å²) in [6, 6.07) is 5.78. The van der Waals surface area contributed by atoms with E-state index in [0.29, 0.717) is 0 Å². The Hall–Kier alpha value is -3.36. The Morgan fingerprint density at radius 2 is 1.70 bits per heavy atom. The second kappa shape index (κ2) is 8.35. The summed E-state index contributed by atoms with van der Waals surface area (Å²) in [5, 5.41) is 11.5. The lowest BCUT2D eigenvalue weighted by atomic mass is 9.81. The molecule has 0 saturated carbocycles. The molecule has 144 valence electrons. The number of carbonyl (C=O) groups excluding carboxylic acids is 2. The largest absolute Gasteiger partial charge is 0.463 e. The van der Waals surface area contributed by atoms with Crippen molar-refractivity contribution in [3.63, 3.8) is 0 Å². The van der Waals surface area contributed by atoms with Crippen molar-refractivity contribution < 1.29 is 28.7 Å². The van der Waals surface area contributed by atoms with Crippen LogP contribution in [0.3, 0.4) is 0 Å². The summed E-state index contributed by atoms with van der Waals surface area (Å²) in [4.78, 5) is 36.0. The number of carbonyl (C=O) groups is 2. The highest BCUT2D eigenvalue weighted by molar-refractivity contribution is 5.99. The summed E-state index contributed by atoms with van der Waals surface area (Å²) in [6.07, 6.45) is 0. The molecule has 2 rings (SSSR count). The van der Waals surface area contributed by atoms with E-state index in [0.717, 1.165) is 0 Å². The van der Waals surface area contributed by atoms with Crippen LogP contribution in [0.25, 0.3) is 0 Å². The maximum atomic E-state index is 12.6. The number of hydrogen-bond acceptors (Lipinski definition) is 8. The van der Waals surface area contributed by atoms with Crippen LogP contribution >= 0.6 is 0 Å².